The third kappa shape index (κ3) is 22.0. The van der Waals surface area contributed by atoms with Crippen LogP contribution in [0.2, 0.25) is 0 Å². The maximum atomic E-state index is 14.2. The zero-order valence-electron chi connectivity index (χ0n) is 37.6. The minimum atomic E-state index is -1.57. The first kappa shape index (κ1) is 54.2. The second-order valence-corrected chi connectivity index (χ2v) is 17.3. The first-order valence-electron chi connectivity index (χ1n) is 22.1. The quantitative estimate of drug-likeness (QED) is 0.0397. The molecule has 8 N–H and O–H groups in total. The van der Waals surface area contributed by atoms with Gasteiger partial charge in [-0.2, -0.15) is 0 Å². The number of unbranched alkanes of at least 4 members (excludes halogenated alkanes) is 1. The highest BCUT2D eigenvalue weighted by Gasteiger charge is 2.36. The van der Waals surface area contributed by atoms with E-state index in [0.717, 1.165) is 58.3 Å². The summed E-state index contributed by atoms with van der Waals surface area (Å²) in [5, 5.41) is 34.3. The van der Waals surface area contributed by atoms with Crippen LogP contribution in [0.1, 0.15) is 152 Å². The summed E-state index contributed by atoms with van der Waals surface area (Å²) in [4.78, 5) is 117. The van der Waals surface area contributed by atoms with Gasteiger partial charge in [-0.1, -0.05) is 99.5 Å². The van der Waals surface area contributed by atoms with E-state index in [0.29, 0.717) is 25.2 Å². The van der Waals surface area contributed by atoms with Crippen molar-refractivity contribution in [2.45, 2.75) is 188 Å². The lowest BCUT2D eigenvalue weighted by Crippen LogP contribution is -2.61. The van der Waals surface area contributed by atoms with E-state index in [9.17, 15) is 53.4 Å². The minimum absolute atomic E-state index is 0.0743. The lowest BCUT2D eigenvalue weighted by Gasteiger charge is -2.31. The summed E-state index contributed by atoms with van der Waals surface area (Å²) >= 11 is 0. The number of aliphatic carboxylic acids is 2. The van der Waals surface area contributed by atoms with Gasteiger partial charge < -0.3 is 42.1 Å². The van der Waals surface area contributed by atoms with Gasteiger partial charge in [0.1, 0.15) is 30.2 Å². The molecule has 0 aromatic carbocycles. The molecule has 0 saturated heterocycles. The van der Waals surface area contributed by atoms with Crippen LogP contribution in [0.15, 0.2) is 12.2 Å². The summed E-state index contributed by atoms with van der Waals surface area (Å²) in [6.07, 6.45) is 10.3. The first-order chi connectivity index (χ1) is 28.7. The van der Waals surface area contributed by atoms with Crippen LogP contribution in [-0.4, -0.2) is 99.6 Å². The number of rotatable bonds is 29. The molecule has 0 radical (unpaired) electrons. The molecule has 6 amide bonds. The number of hydrogen-bond acceptors (Lipinski definition) is 9. The van der Waals surface area contributed by atoms with E-state index < -0.39 is 109 Å². The fraction of sp³-hybridized carbons (Fsp3) is 0.750. The molecule has 1 saturated carbocycles. The van der Waals surface area contributed by atoms with E-state index in [1.54, 1.807) is 27.7 Å². The van der Waals surface area contributed by atoms with Gasteiger partial charge in [-0.3, -0.25) is 43.2 Å². The molecule has 1 aliphatic carbocycles. The average Bonchev–Trinajstić information content (AvgIpc) is 3.18. The van der Waals surface area contributed by atoms with Crippen molar-refractivity contribution in [2.75, 3.05) is 0 Å². The molecule has 17 nitrogen and oxygen atoms in total. The van der Waals surface area contributed by atoms with Gasteiger partial charge in [0.15, 0.2) is 5.78 Å². The Morgan fingerprint density at radius 1 is 0.607 bits per heavy atom. The molecular formula is C44H74N6O11. The van der Waals surface area contributed by atoms with Gasteiger partial charge in [-0.05, 0) is 68.3 Å². The number of hydrogen-bond donors (Lipinski definition) is 8. The number of carboxylic acid groups (broad SMARTS) is 2. The van der Waals surface area contributed by atoms with Crippen LogP contribution in [0.5, 0.6) is 0 Å². The molecule has 0 unspecified atom stereocenters. The zero-order valence-corrected chi connectivity index (χ0v) is 37.6. The Labute approximate surface area is 361 Å². The predicted molar refractivity (Wildman–Crippen MR) is 230 cm³/mol. The molecule has 61 heavy (non-hydrogen) atoms. The highest BCUT2D eigenvalue weighted by atomic mass is 16.4. The average molecular weight is 863 g/mol. The molecule has 0 bridgehead atoms. The summed E-state index contributed by atoms with van der Waals surface area (Å²) in [6, 6.07) is -7.32. The lowest BCUT2D eigenvalue weighted by atomic mass is 9.84. The van der Waals surface area contributed by atoms with Gasteiger partial charge >= 0.3 is 11.9 Å². The Balaban J connectivity index is 3.36. The van der Waals surface area contributed by atoms with E-state index >= 15 is 0 Å². The summed E-state index contributed by atoms with van der Waals surface area (Å²) < 4.78 is 0. The number of nitrogens with one attached hydrogen (secondary N) is 6. The molecule has 0 heterocycles. The van der Waals surface area contributed by atoms with Gasteiger partial charge in [0.05, 0.1) is 12.5 Å². The molecule has 346 valence electrons. The molecule has 0 aromatic rings. The van der Waals surface area contributed by atoms with Gasteiger partial charge in [0, 0.05) is 13.3 Å². The van der Waals surface area contributed by atoms with Crippen LogP contribution >= 0.6 is 0 Å². The first-order valence-corrected chi connectivity index (χ1v) is 22.1. The molecule has 17 heteroatoms. The largest absolute Gasteiger partial charge is 0.481 e. The SMILES string of the molecule is CC[C@H](NC(=O)[C@H](CC1CCCCC1)NC(=O)[C@@H](NC(=O)[C@H](CC(C)C)NC(=O)[C@@H](CCC(=O)O)NC(=O)[C@H](CC(=O)O)NC(C)=O)[C@H](C)CC)C(=O)/C=C/CCCC(C)C. The Morgan fingerprint density at radius 2 is 1.16 bits per heavy atom. The molecule has 0 spiro atoms. The minimum Gasteiger partial charge on any atom is -0.481 e. The number of amides is 6. The van der Waals surface area contributed by atoms with Crippen molar-refractivity contribution >= 4 is 53.2 Å². The Morgan fingerprint density at radius 3 is 1.70 bits per heavy atom. The highest BCUT2D eigenvalue weighted by molar-refractivity contribution is 5.99. The van der Waals surface area contributed by atoms with Gasteiger partial charge in [-0.25, -0.2) is 0 Å². The number of carbonyl (C=O) groups excluding carboxylic acids is 7. The third-order valence-electron chi connectivity index (χ3n) is 10.9. The number of carbonyl (C=O) groups is 9. The standard InChI is InChI=1S/C44H74N6O11/c1-9-28(7)39(44(61)49-34(24-30-18-14-12-15-19-30)41(58)46-31(10-2)36(52)20-16-11-13-17-26(3)4)50-43(60)33(23-27(5)6)48-40(57)32(21-22-37(53)54)47-42(59)35(25-38(55)56)45-29(8)51/h16,20,26-28,30-35,39H,9-15,17-19,21-25H2,1-8H3,(H,45,51)(H,46,58)(H,47,59)(H,48,57)(H,49,61)(H,50,60)(H,53,54)(H,55,56)/b20-16+/t28-,31+,32-,33+,34+,35+,39+/m1/s1. The fourth-order valence-corrected chi connectivity index (χ4v) is 7.22. The Hall–Kier alpha value is -4.83. The van der Waals surface area contributed by atoms with Crippen LogP contribution in [0.4, 0.5) is 0 Å². The van der Waals surface area contributed by atoms with Crippen LogP contribution in [0.25, 0.3) is 0 Å². The van der Waals surface area contributed by atoms with Crippen LogP contribution < -0.4 is 31.9 Å². The zero-order chi connectivity index (χ0) is 46.2. The van der Waals surface area contributed by atoms with Gasteiger partial charge in [-0.15, -0.1) is 0 Å². The second-order valence-electron chi connectivity index (χ2n) is 17.3. The van der Waals surface area contributed by atoms with Crippen molar-refractivity contribution in [2.24, 2.45) is 23.7 Å². The van der Waals surface area contributed by atoms with E-state index in [1.807, 2.05) is 13.0 Å². The van der Waals surface area contributed by atoms with Crippen LogP contribution in [0, 0.1) is 23.7 Å². The fourth-order valence-electron chi connectivity index (χ4n) is 7.22. The number of carboxylic acids is 2. The summed E-state index contributed by atoms with van der Waals surface area (Å²) in [5.41, 5.74) is 0. The summed E-state index contributed by atoms with van der Waals surface area (Å²) in [5.74, 6) is -7.37. The van der Waals surface area contributed by atoms with Gasteiger partial charge in [0.25, 0.3) is 0 Å². The Bertz CT molecular complexity index is 1490. The van der Waals surface area contributed by atoms with Gasteiger partial charge in [0.2, 0.25) is 35.4 Å². The van der Waals surface area contributed by atoms with Crippen molar-refractivity contribution < 1.29 is 53.4 Å². The molecule has 1 fully saturated rings. The predicted octanol–water partition coefficient (Wildman–Crippen LogP) is 3.68. The normalized spacial score (nSPS) is 16.6. The number of ketones is 1. The van der Waals surface area contributed by atoms with Crippen molar-refractivity contribution in [3.63, 3.8) is 0 Å². The highest BCUT2D eigenvalue weighted by Crippen LogP contribution is 2.28. The van der Waals surface area contributed by atoms with Crippen LogP contribution in [0.3, 0.4) is 0 Å². The van der Waals surface area contributed by atoms with E-state index in [2.05, 4.69) is 45.7 Å². The molecule has 0 aromatic heterocycles. The van der Waals surface area contributed by atoms with Crippen molar-refractivity contribution in [3.8, 4) is 0 Å². The van der Waals surface area contributed by atoms with E-state index in [-0.39, 0.29) is 24.0 Å². The smallest absolute Gasteiger partial charge is 0.305 e. The molecule has 1 rings (SSSR count). The Kier molecular flexibility index (Phi) is 25.5. The topological polar surface area (TPSA) is 266 Å². The monoisotopic (exact) mass is 863 g/mol. The molecule has 0 aliphatic heterocycles. The molecular weight excluding hydrogens is 789 g/mol. The molecule has 7 atom stereocenters. The van der Waals surface area contributed by atoms with Crippen molar-refractivity contribution in [3.05, 3.63) is 12.2 Å². The number of allylic oxidation sites excluding steroid dienone is 1. The lowest BCUT2D eigenvalue weighted by molar-refractivity contribution is -0.141. The van der Waals surface area contributed by atoms with Crippen molar-refractivity contribution in [1.29, 1.82) is 0 Å². The van der Waals surface area contributed by atoms with E-state index in [1.165, 1.54) is 6.08 Å². The maximum absolute atomic E-state index is 14.2. The summed E-state index contributed by atoms with van der Waals surface area (Å²) in [7, 11) is 0. The molecule has 1 aliphatic rings. The van der Waals surface area contributed by atoms with Crippen molar-refractivity contribution in [1.82, 2.24) is 31.9 Å². The third-order valence-corrected chi connectivity index (χ3v) is 10.9. The second kappa shape index (κ2) is 28.7. The summed E-state index contributed by atoms with van der Waals surface area (Å²) in [6.45, 7) is 14.3. The van der Waals surface area contributed by atoms with Crippen LogP contribution in [-0.2, 0) is 43.2 Å². The maximum Gasteiger partial charge on any atom is 0.305 e. The van der Waals surface area contributed by atoms with E-state index in [4.69, 9.17) is 0 Å².